The Morgan fingerprint density at radius 3 is 2.45 bits per heavy atom. The first-order valence-corrected chi connectivity index (χ1v) is 12.0. The lowest BCUT2D eigenvalue weighted by atomic mass is 9.97. The Labute approximate surface area is 183 Å². The number of anilines is 1. The molecule has 31 heavy (non-hydrogen) atoms. The van der Waals surface area contributed by atoms with Gasteiger partial charge in [0.15, 0.2) is 0 Å². The molecule has 1 saturated heterocycles. The molecule has 1 aliphatic rings. The summed E-state index contributed by atoms with van der Waals surface area (Å²) >= 11 is 0. The summed E-state index contributed by atoms with van der Waals surface area (Å²) in [6.45, 7) is 5.51. The number of carbonyl (C=O) groups is 1. The van der Waals surface area contributed by atoms with Crippen molar-refractivity contribution in [1.82, 2.24) is 10.0 Å². The standard InChI is InChI=1S/C24H27N3O3S/c1-16-7-3-4-8-18(16)24(28)26-22-11-12-23(20-10-6-5-9-19(20)22)31(29,30)27-21-13-14-25-15-17(21)2/h3-12,17,21,25,27H,13-15H2,1-2H3,(H,26,28)/t17-,21+/m0/s1. The summed E-state index contributed by atoms with van der Waals surface area (Å²) in [4.78, 5) is 13.0. The van der Waals surface area contributed by atoms with E-state index in [4.69, 9.17) is 0 Å². The number of aryl methyl sites for hydroxylation is 1. The fourth-order valence-corrected chi connectivity index (χ4v) is 5.67. The van der Waals surface area contributed by atoms with E-state index in [2.05, 4.69) is 15.4 Å². The maximum Gasteiger partial charge on any atom is 0.255 e. The molecule has 3 N–H and O–H groups in total. The lowest BCUT2D eigenvalue weighted by Crippen LogP contribution is -2.48. The molecule has 162 valence electrons. The van der Waals surface area contributed by atoms with Crippen LogP contribution in [0.3, 0.4) is 0 Å². The van der Waals surface area contributed by atoms with Crippen LogP contribution in [0.1, 0.15) is 29.3 Å². The van der Waals surface area contributed by atoms with Crippen molar-refractivity contribution in [1.29, 1.82) is 0 Å². The van der Waals surface area contributed by atoms with Crippen LogP contribution in [0.15, 0.2) is 65.6 Å². The Morgan fingerprint density at radius 2 is 1.71 bits per heavy atom. The zero-order valence-corrected chi connectivity index (χ0v) is 18.5. The largest absolute Gasteiger partial charge is 0.321 e. The van der Waals surface area contributed by atoms with Crippen LogP contribution in [-0.4, -0.2) is 33.5 Å². The third-order valence-electron chi connectivity index (χ3n) is 5.90. The summed E-state index contributed by atoms with van der Waals surface area (Å²) in [5.41, 5.74) is 2.05. The molecule has 3 aromatic rings. The maximum absolute atomic E-state index is 13.2. The van der Waals surface area contributed by atoms with Gasteiger partial charge in [0.1, 0.15) is 0 Å². The number of nitrogens with one attached hydrogen (secondary N) is 3. The molecule has 0 spiro atoms. The number of rotatable bonds is 5. The monoisotopic (exact) mass is 437 g/mol. The zero-order chi connectivity index (χ0) is 22.0. The van der Waals surface area contributed by atoms with Crippen molar-refractivity contribution in [3.05, 3.63) is 71.8 Å². The van der Waals surface area contributed by atoms with Crippen molar-refractivity contribution in [2.45, 2.75) is 31.2 Å². The Hall–Kier alpha value is -2.74. The SMILES string of the molecule is Cc1ccccc1C(=O)Nc1ccc(S(=O)(=O)N[C@@H]2CCNC[C@@H]2C)c2ccccc12. The number of hydrogen-bond donors (Lipinski definition) is 3. The van der Waals surface area contributed by atoms with E-state index in [1.807, 2.05) is 44.2 Å². The highest BCUT2D eigenvalue weighted by Gasteiger charge is 2.28. The van der Waals surface area contributed by atoms with Crippen LogP contribution in [0, 0.1) is 12.8 Å². The molecule has 3 aromatic carbocycles. The molecule has 1 fully saturated rings. The number of hydrogen-bond acceptors (Lipinski definition) is 4. The van der Waals surface area contributed by atoms with Crippen LogP contribution < -0.4 is 15.4 Å². The van der Waals surface area contributed by atoms with Gasteiger partial charge < -0.3 is 10.6 Å². The van der Waals surface area contributed by atoms with Crippen LogP contribution >= 0.6 is 0 Å². The van der Waals surface area contributed by atoms with Crippen LogP contribution in [-0.2, 0) is 10.0 Å². The first-order chi connectivity index (χ1) is 14.9. The third-order valence-corrected chi connectivity index (χ3v) is 7.45. The fourth-order valence-electron chi connectivity index (χ4n) is 4.08. The van der Waals surface area contributed by atoms with E-state index in [-0.39, 0.29) is 22.8 Å². The smallest absolute Gasteiger partial charge is 0.255 e. The molecule has 6 nitrogen and oxygen atoms in total. The summed E-state index contributed by atoms with van der Waals surface area (Å²) < 4.78 is 29.4. The van der Waals surface area contributed by atoms with Gasteiger partial charge in [0.25, 0.3) is 5.91 Å². The van der Waals surface area contributed by atoms with Gasteiger partial charge >= 0.3 is 0 Å². The Kier molecular flexibility index (Phi) is 6.09. The van der Waals surface area contributed by atoms with Gasteiger partial charge in [-0.25, -0.2) is 13.1 Å². The second kappa shape index (κ2) is 8.78. The van der Waals surface area contributed by atoms with E-state index in [0.29, 0.717) is 22.0 Å². The highest BCUT2D eigenvalue weighted by Crippen LogP contribution is 2.30. The Morgan fingerprint density at radius 1 is 1.00 bits per heavy atom. The molecule has 1 aliphatic heterocycles. The molecule has 4 rings (SSSR count). The fraction of sp³-hybridized carbons (Fsp3) is 0.292. The van der Waals surface area contributed by atoms with E-state index in [0.717, 1.165) is 25.1 Å². The summed E-state index contributed by atoms with van der Waals surface area (Å²) in [6.07, 6.45) is 0.753. The molecule has 2 atom stereocenters. The number of amides is 1. The molecule has 0 bridgehead atoms. The molecule has 1 amide bonds. The molecular formula is C24H27N3O3S. The van der Waals surface area contributed by atoms with E-state index in [1.165, 1.54) is 0 Å². The normalized spacial score (nSPS) is 19.3. The molecule has 1 heterocycles. The Balaban J connectivity index is 1.68. The molecule has 7 heteroatoms. The van der Waals surface area contributed by atoms with Crippen molar-refractivity contribution in [2.24, 2.45) is 5.92 Å². The highest BCUT2D eigenvalue weighted by atomic mass is 32.2. The van der Waals surface area contributed by atoms with Crippen LogP contribution in [0.4, 0.5) is 5.69 Å². The average Bonchev–Trinajstić information content (AvgIpc) is 2.75. The summed E-state index contributed by atoms with van der Waals surface area (Å²) in [5, 5.41) is 7.50. The molecule has 0 unspecified atom stereocenters. The summed E-state index contributed by atoms with van der Waals surface area (Å²) in [6, 6.07) is 17.8. The van der Waals surface area contributed by atoms with E-state index < -0.39 is 10.0 Å². The third kappa shape index (κ3) is 4.49. The van der Waals surface area contributed by atoms with Gasteiger partial charge in [-0.1, -0.05) is 49.4 Å². The predicted molar refractivity (Wildman–Crippen MR) is 124 cm³/mol. The predicted octanol–water partition coefficient (Wildman–Crippen LogP) is 3.68. The minimum atomic E-state index is -3.71. The topological polar surface area (TPSA) is 87.3 Å². The lowest BCUT2D eigenvalue weighted by molar-refractivity contribution is 0.102. The summed E-state index contributed by atoms with van der Waals surface area (Å²) in [7, 11) is -3.71. The molecule has 0 radical (unpaired) electrons. The van der Waals surface area contributed by atoms with E-state index >= 15 is 0 Å². The van der Waals surface area contributed by atoms with Crippen molar-refractivity contribution in [2.75, 3.05) is 18.4 Å². The van der Waals surface area contributed by atoms with Crippen molar-refractivity contribution < 1.29 is 13.2 Å². The minimum Gasteiger partial charge on any atom is -0.321 e. The maximum atomic E-state index is 13.2. The van der Waals surface area contributed by atoms with Gasteiger partial charge in [-0.2, -0.15) is 0 Å². The zero-order valence-electron chi connectivity index (χ0n) is 17.7. The Bertz CT molecular complexity index is 1220. The minimum absolute atomic E-state index is 0.106. The quantitative estimate of drug-likeness (QED) is 0.568. The molecule has 0 aromatic heterocycles. The second-order valence-corrected chi connectivity index (χ2v) is 9.81. The number of fused-ring (bicyclic) bond motifs is 1. The molecular weight excluding hydrogens is 410 g/mol. The lowest BCUT2D eigenvalue weighted by Gasteiger charge is -2.30. The second-order valence-electron chi connectivity index (χ2n) is 8.12. The van der Waals surface area contributed by atoms with Crippen LogP contribution in [0.2, 0.25) is 0 Å². The highest BCUT2D eigenvalue weighted by molar-refractivity contribution is 7.89. The van der Waals surface area contributed by atoms with Crippen LogP contribution in [0.5, 0.6) is 0 Å². The van der Waals surface area contributed by atoms with Gasteiger partial charge in [-0.15, -0.1) is 0 Å². The van der Waals surface area contributed by atoms with E-state index in [9.17, 15) is 13.2 Å². The first kappa shape index (κ1) is 21.5. The van der Waals surface area contributed by atoms with Crippen molar-refractivity contribution in [3.63, 3.8) is 0 Å². The summed E-state index contributed by atoms with van der Waals surface area (Å²) in [5.74, 6) is -0.0111. The average molecular weight is 438 g/mol. The van der Waals surface area contributed by atoms with Crippen LogP contribution in [0.25, 0.3) is 10.8 Å². The number of carbonyl (C=O) groups excluding carboxylic acids is 1. The van der Waals surface area contributed by atoms with E-state index in [1.54, 1.807) is 30.3 Å². The van der Waals surface area contributed by atoms with Gasteiger partial charge in [0, 0.05) is 28.1 Å². The number of sulfonamides is 1. The molecule has 0 saturated carbocycles. The number of benzene rings is 3. The van der Waals surface area contributed by atoms with Crippen molar-refractivity contribution >= 4 is 32.4 Å². The van der Waals surface area contributed by atoms with Gasteiger partial charge in [-0.3, -0.25) is 4.79 Å². The number of piperidine rings is 1. The van der Waals surface area contributed by atoms with Gasteiger partial charge in [0.2, 0.25) is 10.0 Å². The van der Waals surface area contributed by atoms with Crippen molar-refractivity contribution in [3.8, 4) is 0 Å². The van der Waals surface area contributed by atoms with Gasteiger partial charge in [0.05, 0.1) is 4.90 Å². The van der Waals surface area contributed by atoms with Gasteiger partial charge in [-0.05, 0) is 56.1 Å². The molecule has 0 aliphatic carbocycles. The first-order valence-electron chi connectivity index (χ1n) is 10.5.